The number of carbonyl (C=O) groups is 3. The van der Waals surface area contributed by atoms with Crippen molar-refractivity contribution in [3.8, 4) is 11.1 Å². The van der Waals surface area contributed by atoms with Gasteiger partial charge in [-0.25, -0.2) is 4.79 Å². The monoisotopic (exact) mass is 490 g/mol. The SMILES string of the molecule is O=C(O)CN(CC(F)(F)F)C(=O)[C@H]1CC[C@@H](NC(=O)OCC2c3ccccc3-c3ccccc32)C1. The summed E-state index contributed by atoms with van der Waals surface area (Å²) in [6.07, 6.45) is -4.61. The fourth-order valence-corrected chi connectivity index (χ4v) is 4.99. The van der Waals surface area contributed by atoms with Crippen molar-refractivity contribution in [3.05, 3.63) is 59.7 Å². The second-order valence-electron chi connectivity index (χ2n) is 8.88. The fraction of sp³-hybridized carbons (Fsp3) is 0.400. The summed E-state index contributed by atoms with van der Waals surface area (Å²) < 4.78 is 43.9. The Morgan fingerprint density at radius 3 is 2.17 bits per heavy atom. The molecule has 2 amide bonds. The van der Waals surface area contributed by atoms with Gasteiger partial charge in [-0.1, -0.05) is 48.5 Å². The largest absolute Gasteiger partial charge is 0.480 e. The number of alkyl carbamates (subject to hydrolysis) is 1. The van der Waals surface area contributed by atoms with E-state index < -0.39 is 49.2 Å². The highest BCUT2D eigenvalue weighted by atomic mass is 19.4. The topological polar surface area (TPSA) is 95.9 Å². The molecule has 2 N–H and O–H groups in total. The van der Waals surface area contributed by atoms with Crippen LogP contribution in [0.3, 0.4) is 0 Å². The minimum Gasteiger partial charge on any atom is -0.480 e. The molecule has 35 heavy (non-hydrogen) atoms. The lowest BCUT2D eigenvalue weighted by atomic mass is 9.98. The van der Waals surface area contributed by atoms with Crippen molar-refractivity contribution in [3.63, 3.8) is 0 Å². The Morgan fingerprint density at radius 2 is 1.60 bits per heavy atom. The van der Waals surface area contributed by atoms with Gasteiger partial charge in [-0.3, -0.25) is 9.59 Å². The summed E-state index contributed by atoms with van der Waals surface area (Å²) in [5, 5.41) is 11.6. The molecular formula is C25H25F3N2O5. The van der Waals surface area contributed by atoms with Crippen LogP contribution in [0.15, 0.2) is 48.5 Å². The number of carbonyl (C=O) groups excluding carboxylic acids is 2. The number of alkyl halides is 3. The molecule has 1 saturated carbocycles. The van der Waals surface area contributed by atoms with Crippen LogP contribution in [0, 0.1) is 5.92 Å². The second-order valence-corrected chi connectivity index (χ2v) is 8.88. The second kappa shape index (κ2) is 9.97. The molecule has 0 bridgehead atoms. The van der Waals surface area contributed by atoms with Gasteiger partial charge in [0.2, 0.25) is 5.91 Å². The van der Waals surface area contributed by atoms with Crippen molar-refractivity contribution in [2.75, 3.05) is 19.7 Å². The molecule has 2 aliphatic carbocycles. The summed E-state index contributed by atoms with van der Waals surface area (Å²) in [6, 6.07) is 15.4. The van der Waals surface area contributed by atoms with Crippen molar-refractivity contribution in [2.24, 2.45) is 5.92 Å². The molecule has 0 saturated heterocycles. The molecule has 7 nitrogen and oxygen atoms in total. The molecular weight excluding hydrogens is 465 g/mol. The lowest BCUT2D eigenvalue weighted by molar-refractivity contribution is -0.167. The highest BCUT2D eigenvalue weighted by Crippen LogP contribution is 2.44. The van der Waals surface area contributed by atoms with Gasteiger partial charge in [0.05, 0.1) is 0 Å². The predicted octanol–water partition coefficient (Wildman–Crippen LogP) is 4.17. The third-order valence-electron chi connectivity index (χ3n) is 6.46. The third kappa shape index (κ3) is 5.75. The van der Waals surface area contributed by atoms with E-state index in [4.69, 9.17) is 9.84 Å². The zero-order chi connectivity index (χ0) is 25.2. The summed E-state index contributed by atoms with van der Waals surface area (Å²) in [5.74, 6) is -3.30. The summed E-state index contributed by atoms with van der Waals surface area (Å²) in [6.45, 7) is -2.54. The van der Waals surface area contributed by atoms with Crippen molar-refractivity contribution in [2.45, 2.75) is 37.4 Å². The van der Waals surface area contributed by atoms with E-state index in [9.17, 15) is 27.6 Å². The van der Waals surface area contributed by atoms with Crippen LogP contribution < -0.4 is 5.32 Å². The molecule has 2 aliphatic rings. The molecule has 0 aromatic heterocycles. The number of hydrogen-bond donors (Lipinski definition) is 2. The number of carboxylic acids is 1. The number of halogens is 3. The zero-order valence-corrected chi connectivity index (χ0v) is 18.8. The summed E-state index contributed by atoms with van der Waals surface area (Å²) in [5.41, 5.74) is 4.32. The Kier molecular flexibility index (Phi) is 7.00. The molecule has 0 aliphatic heterocycles. The first-order valence-electron chi connectivity index (χ1n) is 11.3. The quantitative estimate of drug-likeness (QED) is 0.608. The maximum atomic E-state index is 12.8. The van der Waals surface area contributed by atoms with Crippen molar-refractivity contribution in [1.29, 1.82) is 0 Å². The number of fused-ring (bicyclic) bond motifs is 3. The smallest absolute Gasteiger partial charge is 0.407 e. The molecule has 0 heterocycles. The normalized spacial score (nSPS) is 19.1. The van der Waals surface area contributed by atoms with Gasteiger partial charge in [0, 0.05) is 17.9 Å². The Morgan fingerprint density at radius 1 is 1.00 bits per heavy atom. The number of aliphatic carboxylic acids is 1. The van der Waals surface area contributed by atoms with Gasteiger partial charge < -0.3 is 20.1 Å². The summed E-state index contributed by atoms with van der Waals surface area (Å²) in [4.78, 5) is 36.2. The minimum absolute atomic E-state index is 0.113. The van der Waals surface area contributed by atoms with E-state index in [1.54, 1.807) is 0 Å². The van der Waals surface area contributed by atoms with Gasteiger partial charge in [0.15, 0.2) is 0 Å². The van der Waals surface area contributed by atoms with Crippen LogP contribution in [-0.2, 0) is 14.3 Å². The highest BCUT2D eigenvalue weighted by molar-refractivity contribution is 5.83. The van der Waals surface area contributed by atoms with E-state index in [0.29, 0.717) is 11.3 Å². The number of nitrogens with zero attached hydrogens (tertiary/aromatic N) is 1. The van der Waals surface area contributed by atoms with E-state index in [1.807, 2.05) is 48.5 Å². The average Bonchev–Trinajstić information content (AvgIpc) is 3.38. The van der Waals surface area contributed by atoms with Crippen LogP contribution in [0.5, 0.6) is 0 Å². The number of amides is 2. The number of benzene rings is 2. The summed E-state index contributed by atoms with van der Waals surface area (Å²) >= 11 is 0. The van der Waals surface area contributed by atoms with Crippen LogP contribution in [0.25, 0.3) is 11.1 Å². The number of ether oxygens (including phenoxy) is 1. The average molecular weight is 490 g/mol. The molecule has 186 valence electrons. The Labute approximate surface area is 199 Å². The van der Waals surface area contributed by atoms with E-state index in [1.165, 1.54) is 0 Å². The van der Waals surface area contributed by atoms with Crippen LogP contribution in [0.1, 0.15) is 36.3 Å². The maximum absolute atomic E-state index is 12.8. The first-order valence-corrected chi connectivity index (χ1v) is 11.3. The maximum Gasteiger partial charge on any atom is 0.407 e. The molecule has 0 radical (unpaired) electrons. The highest BCUT2D eigenvalue weighted by Gasteiger charge is 2.39. The number of hydrogen-bond acceptors (Lipinski definition) is 4. The van der Waals surface area contributed by atoms with Gasteiger partial charge in [-0.2, -0.15) is 13.2 Å². The van der Waals surface area contributed by atoms with Crippen molar-refractivity contribution < 1.29 is 37.4 Å². The Balaban J connectivity index is 1.32. The fourth-order valence-electron chi connectivity index (χ4n) is 4.99. The molecule has 0 spiro atoms. The predicted molar refractivity (Wildman–Crippen MR) is 120 cm³/mol. The Hall–Kier alpha value is -3.56. The first kappa shape index (κ1) is 24.6. The number of rotatable bonds is 7. The standard InChI is InChI=1S/C25H25F3N2O5/c26-25(27,28)14-30(12-22(31)32)23(33)15-9-10-16(11-15)29-24(34)35-13-21-19-7-3-1-5-17(19)18-6-2-4-8-20(18)21/h1-8,15-16,21H,9-14H2,(H,29,34)(H,31,32)/t15-,16+/m0/s1. The number of nitrogens with one attached hydrogen (secondary N) is 1. The lowest BCUT2D eigenvalue weighted by Crippen LogP contribution is -2.44. The van der Waals surface area contributed by atoms with E-state index in [-0.39, 0.29) is 25.4 Å². The molecule has 1 fully saturated rings. The van der Waals surface area contributed by atoms with Crippen molar-refractivity contribution >= 4 is 18.0 Å². The van der Waals surface area contributed by atoms with Gasteiger partial charge in [-0.05, 0) is 41.5 Å². The van der Waals surface area contributed by atoms with Crippen LogP contribution in [-0.4, -0.2) is 59.9 Å². The lowest BCUT2D eigenvalue weighted by Gasteiger charge is -2.25. The molecule has 0 unspecified atom stereocenters. The molecule has 2 atom stereocenters. The Bertz CT molecular complexity index is 1070. The zero-order valence-electron chi connectivity index (χ0n) is 18.8. The van der Waals surface area contributed by atoms with Crippen LogP contribution >= 0.6 is 0 Å². The van der Waals surface area contributed by atoms with Gasteiger partial charge in [0.25, 0.3) is 0 Å². The van der Waals surface area contributed by atoms with Crippen LogP contribution in [0.4, 0.5) is 18.0 Å². The van der Waals surface area contributed by atoms with Gasteiger partial charge in [-0.15, -0.1) is 0 Å². The molecule has 2 aromatic carbocycles. The van der Waals surface area contributed by atoms with Crippen LogP contribution in [0.2, 0.25) is 0 Å². The molecule has 4 rings (SSSR count). The number of carboxylic acid groups (broad SMARTS) is 1. The third-order valence-corrected chi connectivity index (χ3v) is 6.46. The molecule has 10 heteroatoms. The van der Waals surface area contributed by atoms with E-state index in [2.05, 4.69) is 5.32 Å². The van der Waals surface area contributed by atoms with Crippen molar-refractivity contribution in [1.82, 2.24) is 10.2 Å². The molecule has 2 aromatic rings. The van der Waals surface area contributed by atoms with E-state index >= 15 is 0 Å². The minimum atomic E-state index is -4.71. The van der Waals surface area contributed by atoms with Gasteiger partial charge >= 0.3 is 18.2 Å². The summed E-state index contributed by atoms with van der Waals surface area (Å²) in [7, 11) is 0. The van der Waals surface area contributed by atoms with E-state index in [0.717, 1.165) is 22.3 Å². The first-order chi connectivity index (χ1) is 16.6. The van der Waals surface area contributed by atoms with Gasteiger partial charge in [0.1, 0.15) is 19.7 Å².